The van der Waals surface area contributed by atoms with Crippen LogP contribution in [-0.4, -0.2) is 47.6 Å². The zero-order valence-corrected chi connectivity index (χ0v) is 10.7. The van der Waals surface area contributed by atoms with Crippen molar-refractivity contribution in [2.45, 2.75) is 26.0 Å². The van der Waals surface area contributed by atoms with Crippen LogP contribution >= 0.6 is 0 Å². The molecule has 1 aromatic heterocycles. The second-order valence-electron chi connectivity index (χ2n) is 4.13. The zero-order chi connectivity index (χ0) is 12.7. The smallest absolute Gasteiger partial charge is 0.102 e. The maximum absolute atomic E-state index is 8.70. The lowest BCUT2D eigenvalue weighted by Gasteiger charge is -2.10. The molecule has 0 aromatic carbocycles. The number of hydrogen-bond acceptors (Lipinski definition) is 5. The third kappa shape index (κ3) is 4.13. The highest BCUT2D eigenvalue weighted by molar-refractivity contribution is 5.13. The van der Waals surface area contributed by atoms with Gasteiger partial charge in [0.2, 0.25) is 0 Å². The zero-order valence-electron chi connectivity index (χ0n) is 10.7. The SMILES string of the molecule is COCc1c(CC#N)nnn1CCCN(C)C. The number of aromatic nitrogens is 3. The molecular formula is C11H19N5O. The maximum Gasteiger partial charge on any atom is 0.102 e. The largest absolute Gasteiger partial charge is 0.378 e. The van der Waals surface area contributed by atoms with Crippen LogP contribution in [-0.2, 0) is 24.3 Å². The van der Waals surface area contributed by atoms with E-state index in [2.05, 4.69) is 21.3 Å². The first-order chi connectivity index (χ1) is 8.19. The van der Waals surface area contributed by atoms with Gasteiger partial charge in [-0.3, -0.25) is 0 Å². The van der Waals surface area contributed by atoms with E-state index in [-0.39, 0.29) is 6.42 Å². The molecule has 94 valence electrons. The Kier molecular flexibility index (Phi) is 5.60. The molecule has 0 aliphatic carbocycles. The summed E-state index contributed by atoms with van der Waals surface area (Å²) in [6.45, 7) is 2.25. The standard InChI is InChI=1S/C11H19N5O/c1-15(2)7-4-8-16-11(9-17-3)10(5-6-12)13-14-16/h4-5,7-9H2,1-3H3. The molecule has 0 fully saturated rings. The van der Waals surface area contributed by atoms with Crippen molar-refractivity contribution < 1.29 is 4.74 Å². The first-order valence-electron chi connectivity index (χ1n) is 5.61. The van der Waals surface area contributed by atoms with Crippen molar-refractivity contribution in [3.63, 3.8) is 0 Å². The molecule has 0 bridgehead atoms. The number of aryl methyl sites for hydroxylation is 1. The van der Waals surface area contributed by atoms with Crippen molar-refractivity contribution in [1.82, 2.24) is 19.9 Å². The molecule has 6 heteroatoms. The highest BCUT2D eigenvalue weighted by Crippen LogP contribution is 2.08. The van der Waals surface area contributed by atoms with Crippen LogP contribution in [0.25, 0.3) is 0 Å². The van der Waals surface area contributed by atoms with Crippen LogP contribution in [0, 0.1) is 11.3 Å². The van der Waals surface area contributed by atoms with E-state index in [1.54, 1.807) is 7.11 Å². The summed E-state index contributed by atoms with van der Waals surface area (Å²) in [7, 11) is 5.71. The van der Waals surface area contributed by atoms with Gasteiger partial charge in [-0.1, -0.05) is 5.21 Å². The number of methoxy groups -OCH3 is 1. The summed E-state index contributed by atoms with van der Waals surface area (Å²) in [5.74, 6) is 0. The number of nitrogens with zero attached hydrogens (tertiary/aromatic N) is 5. The van der Waals surface area contributed by atoms with Crippen LogP contribution in [0.5, 0.6) is 0 Å². The summed E-state index contributed by atoms with van der Waals surface area (Å²) in [5, 5.41) is 16.8. The normalized spacial score (nSPS) is 10.8. The average molecular weight is 237 g/mol. The highest BCUT2D eigenvalue weighted by Gasteiger charge is 2.11. The van der Waals surface area contributed by atoms with Gasteiger partial charge in [0.25, 0.3) is 0 Å². The summed E-state index contributed by atoms with van der Waals surface area (Å²) in [6.07, 6.45) is 1.28. The van der Waals surface area contributed by atoms with Crippen LogP contribution in [0.2, 0.25) is 0 Å². The first-order valence-corrected chi connectivity index (χ1v) is 5.61. The molecule has 0 radical (unpaired) electrons. The van der Waals surface area contributed by atoms with Crippen LogP contribution in [0.15, 0.2) is 0 Å². The summed E-state index contributed by atoms with van der Waals surface area (Å²) in [4.78, 5) is 2.13. The quantitative estimate of drug-likeness (QED) is 0.688. The second-order valence-corrected chi connectivity index (χ2v) is 4.13. The Labute approximate surface area is 102 Å². The average Bonchev–Trinajstić information content (AvgIpc) is 2.63. The molecule has 1 aromatic rings. The van der Waals surface area contributed by atoms with E-state index >= 15 is 0 Å². The Bertz CT molecular complexity index is 380. The molecular weight excluding hydrogens is 218 g/mol. The van der Waals surface area contributed by atoms with Crippen LogP contribution in [0.3, 0.4) is 0 Å². The second kappa shape index (κ2) is 6.99. The molecule has 0 spiro atoms. The predicted molar refractivity (Wildman–Crippen MR) is 63.2 cm³/mol. The molecule has 0 atom stereocenters. The Morgan fingerprint density at radius 1 is 1.47 bits per heavy atom. The van der Waals surface area contributed by atoms with Gasteiger partial charge in [-0.25, -0.2) is 4.68 Å². The molecule has 17 heavy (non-hydrogen) atoms. The van der Waals surface area contributed by atoms with E-state index in [0.717, 1.165) is 30.9 Å². The minimum Gasteiger partial charge on any atom is -0.378 e. The molecule has 6 nitrogen and oxygen atoms in total. The molecule has 1 heterocycles. The summed E-state index contributed by atoms with van der Waals surface area (Å²) in [6, 6.07) is 2.09. The molecule has 0 saturated carbocycles. The molecule has 0 unspecified atom stereocenters. The minimum absolute atomic E-state index is 0.284. The Morgan fingerprint density at radius 3 is 2.82 bits per heavy atom. The fourth-order valence-corrected chi connectivity index (χ4v) is 1.59. The highest BCUT2D eigenvalue weighted by atomic mass is 16.5. The van der Waals surface area contributed by atoms with E-state index in [1.807, 2.05) is 18.8 Å². The van der Waals surface area contributed by atoms with Gasteiger partial charge in [0, 0.05) is 13.7 Å². The fraction of sp³-hybridized carbons (Fsp3) is 0.727. The Morgan fingerprint density at radius 2 is 2.24 bits per heavy atom. The molecule has 1 rings (SSSR count). The third-order valence-corrected chi connectivity index (χ3v) is 2.42. The summed E-state index contributed by atoms with van der Waals surface area (Å²) < 4.78 is 6.95. The van der Waals surface area contributed by atoms with E-state index in [9.17, 15) is 0 Å². The lowest BCUT2D eigenvalue weighted by atomic mass is 10.2. The van der Waals surface area contributed by atoms with Gasteiger partial charge in [-0.2, -0.15) is 5.26 Å². The number of nitriles is 1. The van der Waals surface area contributed by atoms with Gasteiger partial charge < -0.3 is 9.64 Å². The summed E-state index contributed by atoms with van der Waals surface area (Å²) >= 11 is 0. The lowest BCUT2D eigenvalue weighted by Crippen LogP contribution is -2.16. The van der Waals surface area contributed by atoms with Gasteiger partial charge in [0.05, 0.1) is 24.8 Å². The van der Waals surface area contributed by atoms with E-state index in [0.29, 0.717) is 6.61 Å². The van der Waals surface area contributed by atoms with Gasteiger partial charge in [0.1, 0.15) is 5.69 Å². The number of ether oxygens (including phenoxy) is 1. The van der Waals surface area contributed by atoms with Crippen LogP contribution in [0.1, 0.15) is 17.8 Å². The van der Waals surface area contributed by atoms with E-state index in [1.165, 1.54) is 0 Å². The van der Waals surface area contributed by atoms with E-state index < -0.39 is 0 Å². The van der Waals surface area contributed by atoms with Crippen LogP contribution < -0.4 is 0 Å². The Balaban J connectivity index is 2.67. The minimum atomic E-state index is 0.284. The van der Waals surface area contributed by atoms with Crippen molar-refractivity contribution in [2.24, 2.45) is 0 Å². The molecule has 0 amide bonds. The topological polar surface area (TPSA) is 67.0 Å². The number of rotatable bonds is 7. The van der Waals surface area contributed by atoms with Crippen molar-refractivity contribution >= 4 is 0 Å². The first kappa shape index (κ1) is 13.6. The lowest BCUT2D eigenvalue weighted by molar-refractivity contribution is 0.175. The van der Waals surface area contributed by atoms with Gasteiger partial charge in [-0.05, 0) is 27.1 Å². The molecule has 0 aliphatic heterocycles. The van der Waals surface area contributed by atoms with Crippen molar-refractivity contribution in [1.29, 1.82) is 5.26 Å². The molecule has 0 N–H and O–H groups in total. The van der Waals surface area contributed by atoms with Crippen molar-refractivity contribution in [2.75, 3.05) is 27.7 Å². The maximum atomic E-state index is 8.70. The predicted octanol–water partition coefficient (Wildman–Crippen LogP) is 0.442. The monoisotopic (exact) mass is 237 g/mol. The Hall–Kier alpha value is -1.45. The van der Waals surface area contributed by atoms with Crippen LogP contribution in [0.4, 0.5) is 0 Å². The fourth-order valence-electron chi connectivity index (χ4n) is 1.59. The summed E-state index contributed by atoms with van der Waals surface area (Å²) in [5.41, 5.74) is 1.63. The van der Waals surface area contributed by atoms with Gasteiger partial charge >= 0.3 is 0 Å². The van der Waals surface area contributed by atoms with Crippen molar-refractivity contribution in [3.05, 3.63) is 11.4 Å². The van der Waals surface area contributed by atoms with Gasteiger partial charge in [0.15, 0.2) is 0 Å². The van der Waals surface area contributed by atoms with E-state index in [4.69, 9.17) is 10.00 Å². The third-order valence-electron chi connectivity index (χ3n) is 2.42. The molecule has 0 aliphatic rings. The number of hydrogen-bond donors (Lipinski definition) is 0. The van der Waals surface area contributed by atoms with Crippen molar-refractivity contribution in [3.8, 4) is 6.07 Å². The van der Waals surface area contributed by atoms with Gasteiger partial charge in [-0.15, -0.1) is 5.10 Å². The molecule has 0 saturated heterocycles.